The molecule has 1 heterocycles. The molecule has 0 aliphatic rings. The lowest BCUT2D eigenvalue weighted by Crippen LogP contribution is -2.32. The van der Waals surface area contributed by atoms with E-state index < -0.39 is 5.91 Å². The van der Waals surface area contributed by atoms with Crippen LogP contribution in [0.25, 0.3) is 0 Å². The molecule has 156 valence electrons. The topological polar surface area (TPSA) is 89.8 Å². The van der Waals surface area contributed by atoms with Crippen molar-refractivity contribution in [2.45, 2.75) is 6.61 Å². The van der Waals surface area contributed by atoms with Gasteiger partial charge in [0.25, 0.3) is 5.91 Å². The van der Waals surface area contributed by atoms with Gasteiger partial charge in [-0.25, -0.2) is 0 Å². The first kappa shape index (κ1) is 21.5. The average molecular weight is 449 g/mol. The third-order valence-corrected chi connectivity index (χ3v) is 4.46. The summed E-state index contributed by atoms with van der Waals surface area (Å²) in [6.45, 7) is -0.135. The maximum absolute atomic E-state index is 12.2. The Balaban J connectivity index is 1.47. The summed E-state index contributed by atoms with van der Waals surface area (Å²) in [4.78, 5) is 24.2. The Bertz CT molecular complexity index is 1030. The molecule has 0 saturated carbocycles. The van der Waals surface area contributed by atoms with Gasteiger partial charge in [0.2, 0.25) is 5.91 Å². The second kappa shape index (κ2) is 10.0. The molecule has 3 rings (SSSR count). The Morgan fingerprint density at radius 3 is 2.50 bits per heavy atom. The van der Waals surface area contributed by atoms with Gasteiger partial charge in [-0.3, -0.25) is 9.59 Å². The van der Waals surface area contributed by atoms with E-state index in [1.807, 2.05) is 0 Å². The molecule has 1 aromatic heterocycles. The van der Waals surface area contributed by atoms with Crippen molar-refractivity contribution in [2.24, 2.45) is 0 Å². The summed E-state index contributed by atoms with van der Waals surface area (Å²) in [5.41, 5.74) is 0.591. The molecule has 0 aliphatic carbocycles. The molecule has 0 bridgehead atoms. The lowest BCUT2D eigenvalue weighted by atomic mass is 10.3. The number of anilines is 1. The van der Waals surface area contributed by atoms with Gasteiger partial charge in [0, 0.05) is 10.7 Å². The fourth-order valence-corrected chi connectivity index (χ4v) is 2.91. The molecule has 9 heteroatoms. The quantitative estimate of drug-likeness (QED) is 0.527. The van der Waals surface area contributed by atoms with E-state index in [0.717, 1.165) is 0 Å². The van der Waals surface area contributed by atoms with E-state index in [2.05, 4.69) is 10.6 Å². The number of furan rings is 1. The van der Waals surface area contributed by atoms with Gasteiger partial charge in [-0.1, -0.05) is 23.2 Å². The summed E-state index contributed by atoms with van der Waals surface area (Å²) < 4.78 is 16.1. The second-order valence-corrected chi connectivity index (χ2v) is 6.93. The van der Waals surface area contributed by atoms with Crippen LogP contribution in [0.1, 0.15) is 16.3 Å². The summed E-state index contributed by atoms with van der Waals surface area (Å²) in [6, 6.07) is 14.8. The van der Waals surface area contributed by atoms with Crippen molar-refractivity contribution in [3.05, 3.63) is 76.2 Å². The van der Waals surface area contributed by atoms with Crippen molar-refractivity contribution in [1.82, 2.24) is 5.32 Å². The van der Waals surface area contributed by atoms with Crippen LogP contribution in [0.4, 0.5) is 5.69 Å². The molecule has 2 amide bonds. The van der Waals surface area contributed by atoms with Crippen LogP contribution >= 0.6 is 23.2 Å². The van der Waals surface area contributed by atoms with Crippen molar-refractivity contribution in [1.29, 1.82) is 0 Å². The molecule has 0 unspecified atom stereocenters. The largest absolute Gasteiger partial charge is 0.497 e. The van der Waals surface area contributed by atoms with E-state index in [1.165, 1.54) is 6.07 Å². The van der Waals surface area contributed by atoms with E-state index in [-0.39, 0.29) is 24.8 Å². The minimum absolute atomic E-state index is 0.0630. The highest BCUT2D eigenvalue weighted by atomic mass is 35.5. The molecule has 0 fully saturated rings. The Morgan fingerprint density at radius 2 is 1.80 bits per heavy atom. The molecule has 2 aromatic carbocycles. The third kappa shape index (κ3) is 5.92. The number of halogens is 2. The van der Waals surface area contributed by atoms with E-state index in [4.69, 9.17) is 37.1 Å². The minimum atomic E-state index is -0.518. The lowest BCUT2D eigenvalue weighted by molar-refractivity contribution is -0.115. The van der Waals surface area contributed by atoms with Gasteiger partial charge < -0.3 is 24.5 Å². The third-order valence-electron chi connectivity index (χ3n) is 3.93. The van der Waals surface area contributed by atoms with Gasteiger partial charge in [-0.2, -0.15) is 0 Å². The van der Waals surface area contributed by atoms with Crippen molar-refractivity contribution in [3.8, 4) is 11.5 Å². The van der Waals surface area contributed by atoms with E-state index >= 15 is 0 Å². The molecule has 0 spiro atoms. The van der Waals surface area contributed by atoms with Gasteiger partial charge >= 0.3 is 0 Å². The van der Waals surface area contributed by atoms with Crippen molar-refractivity contribution < 1.29 is 23.5 Å². The molecule has 0 saturated heterocycles. The lowest BCUT2D eigenvalue weighted by Gasteiger charge is -2.07. The van der Waals surface area contributed by atoms with E-state index in [0.29, 0.717) is 33.0 Å². The first-order valence-electron chi connectivity index (χ1n) is 8.83. The summed E-state index contributed by atoms with van der Waals surface area (Å²) in [5.74, 6) is 0.717. The summed E-state index contributed by atoms with van der Waals surface area (Å²) in [5, 5.41) is 6.04. The molecule has 30 heavy (non-hydrogen) atoms. The van der Waals surface area contributed by atoms with Crippen LogP contribution < -0.4 is 20.1 Å². The highest BCUT2D eigenvalue weighted by Gasteiger charge is 2.13. The van der Waals surface area contributed by atoms with E-state index in [1.54, 1.807) is 55.6 Å². The van der Waals surface area contributed by atoms with Crippen LogP contribution in [0, 0.1) is 0 Å². The summed E-state index contributed by atoms with van der Waals surface area (Å²) in [7, 11) is 1.56. The van der Waals surface area contributed by atoms with Crippen LogP contribution in [0.15, 0.2) is 59.0 Å². The van der Waals surface area contributed by atoms with Gasteiger partial charge in [0.05, 0.1) is 18.7 Å². The van der Waals surface area contributed by atoms with Gasteiger partial charge in [0.1, 0.15) is 23.9 Å². The van der Waals surface area contributed by atoms with Crippen LogP contribution in [-0.4, -0.2) is 25.5 Å². The number of benzene rings is 2. The zero-order valence-electron chi connectivity index (χ0n) is 15.9. The van der Waals surface area contributed by atoms with Crippen LogP contribution in [0.2, 0.25) is 10.0 Å². The number of rotatable bonds is 8. The average Bonchev–Trinajstić information content (AvgIpc) is 3.21. The number of ether oxygens (including phenoxy) is 2. The molecule has 0 atom stereocenters. The Hall–Kier alpha value is -3.16. The fourth-order valence-electron chi connectivity index (χ4n) is 2.45. The maximum Gasteiger partial charge on any atom is 0.287 e. The van der Waals surface area contributed by atoms with Gasteiger partial charge in [-0.15, -0.1) is 0 Å². The molecule has 2 N–H and O–H groups in total. The Morgan fingerprint density at radius 1 is 1.03 bits per heavy atom. The van der Waals surface area contributed by atoms with Crippen molar-refractivity contribution >= 4 is 40.7 Å². The standard InChI is InChI=1S/C21H18Cl2N2O5/c1-28-15-5-3-14(4-6-15)25-20(26)11-24-21(27)19-9-7-16(30-19)12-29-18-8-2-13(22)10-17(18)23/h2-10H,11-12H2,1H3,(H,24,27)(H,25,26). The van der Waals surface area contributed by atoms with Crippen molar-refractivity contribution in [2.75, 3.05) is 19.0 Å². The Kier molecular flexibility index (Phi) is 7.21. The predicted octanol–water partition coefficient (Wildman–Crippen LogP) is 4.54. The van der Waals surface area contributed by atoms with Gasteiger partial charge in [-0.05, 0) is 54.6 Å². The monoisotopic (exact) mass is 448 g/mol. The number of carbonyl (C=O) groups is 2. The zero-order valence-corrected chi connectivity index (χ0v) is 17.4. The Labute approximate surface area is 182 Å². The number of hydrogen-bond donors (Lipinski definition) is 2. The number of amides is 2. The van der Waals surface area contributed by atoms with Gasteiger partial charge in [0.15, 0.2) is 5.76 Å². The number of nitrogens with one attached hydrogen (secondary N) is 2. The first-order chi connectivity index (χ1) is 14.4. The SMILES string of the molecule is COc1ccc(NC(=O)CNC(=O)c2ccc(COc3ccc(Cl)cc3Cl)o2)cc1. The maximum atomic E-state index is 12.2. The summed E-state index contributed by atoms with van der Waals surface area (Å²) >= 11 is 11.9. The van der Waals surface area contributed by atoms with Crippen molar-refractivity contribution in [3.63, 3.8) is 0 Å². The molecule has 0 aliphatic heterocycles. The molecule has 0 radical (unpaired) electrons. The molecular weight excluding hydrogens is 431 g/mol. The van der Waals surface area contributed by atoms with E-state index in [9.17, 15) is 9.59 Å². The number of methoxy groups -OCH3 is 1. The highest BCUT2D eigenvalue weighted by molar-refractivity contribution is 6.35. The van der Waals surface area contributed by atoms with Crippen LogP contribution in [0.5, 0.6) is 11.5 Å². The number of hydrogen-bond acceptors (Lipinski definition) is 5. The first-order valence-corrected chi connectivity index (χ1v) is 9.59. The molecular formula is C21H18Cl2N2O5. The molecule has 7 nitrogen and oxygen atoms in total. The zero-order chi connectivity index (χ0) is 21.5. The predicted molar refractivity (Wildman–Crippen MR) is 113 cm³/mol. The summed E-state index contributed by atoms with van der Waals surface area (Å²) in [6.07, 6.45) is 0. The van der Waals surface area contributed by atoms with Crippen LogP contribution in [0.3, 0.4) is 0 Å². The minimum Gasteiger partial charge on any atom is -0.497 e. The normalized spacial score (nSPS) is 10.4. The van der Waals surface area contributed by atoms with Crippen LogP contribution in [-0.2, 0) is 11.4 Å². The molecule has 3 aromatic rings. The fraction of sp³-hybridized carbons (Fsp3) is 0.143. The second-order valence-electron chi connectivity index (χ2n) is 6.09. The number of carbonyl (C=O) groups excluding carboxylic acids is 2. The highest BCUT2D eigenvalue weighted by Crippen LogP contribution is 2.28. The smallest absolute Gasteiger partial charge is 0.287 e.